The lowest BCUT2D eigenvalue weighted by atomic mass is 10.0. The van der Waals surface area contributed by atoms with Crippen LogP contribution in [0.15, 0.2) is 6.20 Å². The van der Waals surface area contributed by atoms with Gasteiger partial charge >= 0.3 is 12.0 Å². The van der Waals surface area contributed by atoms with Gasteiger partial charge in [-0.15, -0.1) is 5.10 Å². The highest BCUT2D eigenvalue weighted by Gasteiger charge is 2.22. The molecule has 0 radical (unpaired) electrons. The number of nitrogens with one attached hydrogen (secondary N) is 2. The van der Waals surface area contributed by atoms with Gasteiger partial charge in [-0.1, -0.05) is 19.1 Å². The van der Waals surface area contributed by atoms with Gasteiger partial charge in [0.2, 0.25) is 5.91 Å². The molecule has 0 aliphatic heterocycles. The number of hydrogen-bond acceptors (Lipinski definition) is 5. The number of carboxylic acids is 1. The Bertz CT molecular complexity index is 527. The van der Waals surface area contributed by atoms with Gasteiger partial charge in [0.05, 0.1) is 12.7 Å². The first-order valence-corrected chi connectivity index (χ1v) is 6.28. The van der Waals surface area contributed by atoms with Gasteiger partial charge in [0, 0.05) is 6.54 Å². The fourth-order valence-electron chi connectivity index (χ4n) is 1.60. The third-order valence-corrected chi connectivity index (χ3v) is 2.64. The molecule has 116 valence electrons. The summed E-state index contributed by atoms with van der Waals surface area (Å²) in [7, 11) is 0. The maximum atomic E-state index is 11.9. The lowest BCUT2D eigenvalue weighted by Crippen LogP contribution is -2.51. The molecule has 1 atom stereocenters. The van der Waals surface area contributed by atoms with Gasteiger partial charge in [-0.25, -0.2) is 14.3 Å². The minimum absolute atomic E-state index is 0.123. The van der Waals surface area contributed by atoms with Crippen LogP contribution in [-0.4, -0.2) is 50.6 Å². The van der Waals surface area contributed by atoms with Crippen molar-refractivity contribution in [2.45, 2.75) is 26.4 Å². The van der Waals surface area contributed by atoms with Crippen molar-refractivity contribution >= 4 is 17.9 Å². The minimum atomic E-state index is -1.17. The van der Waals surface area contributed by atoms with E-state index in [1.807, 2.05) is 0 Å². The second kappa shape index (κ2) is 7.22. The maximum absolute atomic E-state index is 11.9. The highest BCUT2D eigenvalue weighted by molar-refractivity contribution is 5.86. The average molecular weight is 298 g/mol. The zero-order valence-corrected chi connectivity index (χ0v) is 11.7. The number of urea groups is 1. The molecule has 10 nitrogen and oxygen atoms in total. The summed E-state index contributed by atoms with van der Waals surface area (Å²) in [6, 6.07) is -1.50. The third kappa shape index (κ3) is 5.09. The molecular formula is C11H18N6O4. The monoisotopic (exact) mass is 298 g/mol. The molecule has 1 unspecified atom stereocenters. The Kier molecular flexibility index (Phi) is 5.64. The van der Waals surface area contributed by atoms with Crippen LogP contribution in [0, 0.1) is 5.92 Å². The Hall–Kier alpha value is -2.65. The number of rotatable bonds is 7. The summed E-state index contributed by atoms with van der Waals surface area (Å²) in [5.74, 6) is -1.67. The van der Waals surface area contributed by atoms with E-state index in [0.29, 0.717) is 0 Å². The molecule has 0 fully saturated rings. The number of hydrogen-bond donors (Lipinski definition) is 4. The Morgan fingerprint density at radius 3 is 2.57 bits per heavy atom. The zero-order valence-electron chi connectivity index (χ0n) is 11.7. The largest absolute Gasteiger partial charge is 0.476 e. The lowest BCUT2D eigenvalue weighted by Gasteiger charge is -2.20. The second-order valence-corrected chi connectivity index (χ2v) is 4.69. The van der Waals surface area contributed by atoms with E-state index in [0.717, 1.165) is 0 Å². The number of nitrogens with two attached hydrogens (primary N) is 1. The number of amides is 3. The van der Waals surface area contributed by atoms with Gasteiger partial charge in [-0.05, 0) is 5.92 Å². The quantitative estimate of drug-likeness (QED) is 0.495. The molecule has 0 aliphatic rings. The van der Waals surface area contributed by atoms with Gasteiger partial charge in [0.15, 0.2) is 5.69 Å². The number of carbonyl (C=O) groups is 3. The highest BCUT2D eigenvalue weighted by Crippen LogP contribution is 2.01. The highest BCUT2D eigenvalue weighted by atomic mass is 16.4. The molecule has 5 N–H and O–H groups in total. The molecule has 1 heterocycles. The first-order valence-electron chi connectivity index (χ1n) is 6.28. The van der Waals surface area contributed by atoms with Crippen molar-refractivity contribution in [1.82, 2.24) is 25.6 Å². The normalized spacial score (nSPS) is 12.0. The predicted octanol–water partition coefficient (Wildman–Crippen LogP) is -1.21. The van der Waals surface area contributed by atoms with E-state index in [2.05, 4.69) is 20.9 Å². The van der Waals surface area contributed by atoms with Crippen molar-refractivity contribution in [2.75, 3.05) is 6.54 Å². The average Bonchev–Trinajstić information content (AvgIpc) is 2.84. The van der Waals surface area contributed by atoms with Crippen molar-refractivity contribution in [1.29, 1.82) is 0 Å². The van der Waals surface area contributed by atoms with Crippen molar-refractivity contribution < 1.29 is 19.5 Å². The van der Waals surface area contributed by atoms with Crippen molar-refractivity contribution in [3.8, 4) is 0 Å². The van der Waals surface area contributed by atoms with Crippen molar-refractivity contribution in [3.63, 3.8) is 0 Å². The molecule has 10 heteroatoms. The topological polar surface area (TPSA) is 152 Å². The summed E-state index contributed by atoms with van der Waals surface area (Å²) in [4.78, 5) is 33.4. The zero-order chi connectivity index (χ0) is 16.0. The van der Waals surface area contributed by atoms with Gasteiger partial charge in [-0.3, -0.25) is 4.79 Å². The molecule has 0 aromatic carbocycles. The fraction of sp³-hybridized carbons (Fsp3) is 0.545. The molecule has 3 amide bonds. The molecule has 0 saturated carbocycles. The molecule has 0 bridgehead atoms. The molecule has 0 saturated heterocycles. The summed E-state index contributed by atoms with van der Waals surface area (Å²) < 4.78 is 1.30. The molecule has 0 aliphatic carbocycles. The van der Waals surface area contributed by atoms with E-state index in [1.54, 1.807) is 13.8 Å². The van der Waals surface area contributed by atoms with Gasteiger partial charge in [0.25, 0.3) is 0 Å². The van der Waals surface area contributed by atoms with Crippen LogP contribution in [0.4, 0.5) is 4.79 Å². The Balaban J connectivity index is 2.47. The number of carbonyl (C=O) groups excluding carboxylic acids is 2. The van der Waals surface area contributed by atoms with Gasteiger partial charge in [-0.2, -0.15) is 0 Å². The number of aromatic nitrogens is 3. The van der Waals surface area contributed by atoms with E-state index in [9.17, 15) is 14.4 Å². The first kappa shape index (κ1) is 16.4. The maximum Gasteiger partial charge on any atom is 0.358 e. The first-order chi connectivity index (χ1) is 9.81. The lowest BCUT2D eigenvalue weighted by molar-refractivity contribution is -0.123. The van der Waals surface area contributed by atoms with E-state index in [-0.39, 0.29) is 30.6 Å². The molecule has 1 rings (SSSR count). The summed E-state index contributed by atoms with van der Waals surface area (Å²) in [6.45, 7) is 4.02. The fourth-order valence-corrected chi connectivity index (χ4v) is 1.60. The predicted molar refractivity (Wildman–Crippen MR) is 71.3 cm³/mol. The van der Waals surface area contributed by atoms with E-state index in [4.69, 9.17) is 10.8 Å². The molecular weight excluding hydrogens is 280 g/mol. The number of aromatic carboxylic acids is 1. The minimum Gasteiger partial charge on any atom is -0.476 e. The molecule has 21 heavy (non-hydrogen) atoms. The van der Waals surface area contributed by atoms with E-state index >= 15 is 0 Å². The van der Waals surface area contributed by atoms with Crippen LogP contribution in [0.1, 0.15) is 24.3 Å². The van der Waals surface area contributed by atoms with E-state index < -0.39 is 18.0 Å². The number of carboxylic acid groups (broad SMARTS) is 1. The molecule has 1 aromatic rings. The van der Waals surface area contributed by atoms with Crippen LogP contribution in [0.5, 0.6) is 0 Å². The van der Waals surface area contributed by atoms with Crippen molar-refractivity contribution in [2.24, 2.45) is 11.7 Å². The van der Waals surface area contributed by atoms with Crippen LogP contribution in [0.25, 0.3) is 0 Å². The smallest absolute Gasteiger partial charge is 0.358 e. The number of nitrogens with zero attached hydrogens (tertiary/aromatic N) is 3. The van der Waals surface area contributed by atoms with Crippen LogP contribution in [-0.2, 0) is 11.3 Å². The number of primary amides is 1. The van der Waals surface area contributed by atoms with Crippen LogP contribution in [0.3, 0.4) is 0 Å². The van der Waals surface area contributed by atoms with Crippen LogP contribution < -0.4 is 16.4 Å². The molecule has 1 aromatic heterocycles. The summed E-state index contributed by atoms with van der Waals surface area (Å²) >= 11 is 0. The Labute approximate surface area is 120 Å². The van der Waals surface area contributed by atoms with Crippen molar-refractivity contribution in [3.05, 3.63) is 11.9 Å². The second-order valence-electron chi connectivity index (χ2n) is 4.69. The van der Waals surface area contributed by atoms with Gasteiger partial charge < -0.3 is 21.5 Å². The summed E-state index contributed by atoms with van der Waals surface area (Å²) in [6.07, 6.45) is 1.26. The third-order valence-electron chi connectivity index (χ3n) is 2.64. The van der Waals surface area contributed by atoms with Crippen LogP contribution in [0.2, 0.25) is 0 Å². The summed E-state index contributed by atoms with van der Waals surface area (Å²) in [5.41, 5.74) is 4.84. The summed E-state index contributed by atoms with van der Waals surface area (Å²) in [5, 5.41) is 20.7. The van der Waals surface area contributed by atoms with Crippen LogP contribution >= 0.6 is 0 Å². The Morgan fingerprint density at radius 1 is 1.43 bits per heavy atom. The standard InChI is InChI=1S/C11H18N6O4/c1-6(2)8(14-11(12)21)9(18)13-3-4-17-5-7(10(19)20)15-16-17/h5-6,8H,3-4H2,1-2H3,(H,13,18)(H,19,20)(H3,12,14,21). The van der Waals surface area contributed by atoms with Gasteiger partial charge in [0.1, 0.15) is 6.04 Å². The SMILES string of the molecule is CC(C)C(NC(N)=O)C(=O)NCCn1cc(C(=O)O)nn1. The van der Waals surface area contributed by atoms with E-state index in [1.165, 1.54) is 10.9 Å². The Morgan fingerprint density at radius 2 is 2.10 bits per heavy atom. The molecule has 0 spiro atoms.